The van der Waals surface area contributed by atoms with Crippen LogP contribution in [0.5, 0.6) is 0 Å². The number of nitrogens with zero attached hydrogens (tertiary/aromatic N) is 1. The molecule has 1 saturated heterocycles. The summed E-state index contributed by atoms with van der Waals surface area (Å²) < 4.78 is 0. The molecule has 3 nitrogen and oxygen atoms in total. The van der Waals surface area contributed by atoms with Gasteiger partial charge in [-0.2, -0.15) is 0 Å². The van der Waals surface area contributed by atoms with Gasteiger partial charge in [0, 0.05) is 26.2 Å². The topological polar surface area (TPSA) is 32.3 Å². The smallest absolute Gasteiger partial charge is 0.232 e. The highest BCUT2D eigenvalue weighted by molar-refractivity contribution is 5.87. The molecule has 1 heterocycles. The first-order valence-corrected chi connectivity index (χ1v) is 7.71. The van der Waals surface area contributed by atoms with Crippen molar-refractivity contribution in [2.75, 3.05) is 26.2 Å². The third-order valence-corrected chi connectivity index (χ3v) is 4.76. The third-order valence-electron chi connectivity index (χ3n) is 4.76. The summed E-state index contributed by atoms with van der Waals surface area (Å²) in [5.74, 6) is 0.261. The van der Waals surface area contributed by atoms with Crippen LogP contribution in [0.2, 0.25) is 0 Å². The first-order valence-electron chi connectivity index (χ1n) is 7.71. The fraction of sp³-hybridized carbons (Fsp3) is 0.588. The summed E-state index contributed by atoms with van der Waals surface area (Å²) in [6.45, 7) is 7.60. The summed E-state index contributed by atoms with van der Waals surface area (Å²) >= 11 is 0. The van der Waals surface area contributed by atoms with Crippen molar-refractivity contribution in [1.29, 1.82) is 0 Å². The number of piperazine rings is 1. The molecule has 0 bridgehead atoms. The fourth-order valence-corrected chi connectivity index (χ4v) is 3.35. The minimum atomic E-state index is -0.422. The SMILES string of the molecule is CC(C)(C(=O)N1CCNCC1)c1ccc2c(c1)CCC2. The first-order chi connectivity index (χ1) is 9.59. The Bertz CT molecular complexity index is 516. The van der Waals surface area contributed by atoms with E-state index in [0.717, 1.165) is 26.2 Å². The molecule has 0 atom stereocenters. The normalized spacial score (nSPS) is 19.0. The molecule has 1 aliphatic heterocycles. The molecule has 1 amide bonds. The molecule has 20 heavy (non-hydrogen) atoms. The molecule has 0 saturated carbocycles. The number of carbonyl (C=O) groups excluding carboxylic acids is 1. The fourth-order valence-electron chi connectivity index (χ4n) is 3.35. The van der Waals surface area contributed by atoms with Crippen LogP contribution in [0.4, 0.5) is 0 Å². The van der Waals surface area contributed by atoms with Crippen molar-refractivity contribution in [2.45, 2.75) is 38.5 Å². The maximum atomic E-state index is 12.8. The number of nitrogens with one attached hydrogen (secondary N) is 1. The summed E-state index contributed by atoms with van der Waals surface area (Å²) in [5.41, 5.74) is 3.67. The van der Waals surface area contributed by atoms with Gasteiger partial charge in [-0.3, -0.25) is 4.79 Å². The van der Waals surface area contributed by atoms with Gasteiger partial charge >= 0.3 is 0 Å². The largest absolute Gasteiger partial charge is 0.339 e. The molecule has 0 unspecified atom stereocenters. The molecule has 2 aliphatic rings. The summed E-state index contributed by atoms with van der Waals surface area (Å²) in [5, 5.41) is 3.30. The number of carbonyl (C=O) groups is 1. The molecule has 1 fully saturated rings. The van der Waals surface area contributed by atoms with E-state index in [1.807, 2.05) is 4.90 Å². The average Bonchev–Trinajstić information content (AvgIpc) is 2.94. The lowest BCUT2D eigenvalue weighted by Gasteiger charge is -2.35. The zero-order valence-electron chi connectivity index (χ0n) is 12.5. The van der Waals surface area contributed by atoms with Crippen LogP contribution in [0.15, 0.2) is 18.2 Å². The van der Waals surface area contributed by atoms with E-state index in [1.165, 1.54) is 36.0 Å². The minimum absolute atomic E-state index is 0.261. The number of rotatable bonds is 2. The van der Waals surface area contributed by atoms with Gasteiger partial charge in [-0.25, -0.2) is 0 Å². The molecule has 1 aromatic carbocycles. The summed E-state index contributed by atoms with van der Waals surface area (Å²) in [6, 6.07) is 6.65. The highest BCUT2D eigenvalue weighted by Gasteiger charge is 2.34. The van der Waals surface area contributed by atoms with Gasteiger partial charge in [0.05, 0.1) is 5.41 Å². The van der Waals surface area contributed by atoms with Gasteiger partial charge < -0.3 is 10.2 Å². The zero-order valence-corrected chi connectivity index (χ0v) is 12.5. The lowest BCUT2D eigenvalue weighted by molar-refractivity contribution is -0.136. The van der Waals surface area contributed by atoms with Crippen molar-refractivity contribution in [1.82, 2.24) is 10.2 Å². The number of fused-ring (bicyclic) bond motifs is 1. The third kappa shape index (κ3) is 2.35. The van der Waals surface area contributed by atoms with Crippen LogP contribution >= 0.6 is 0 Å². The molecule has 3 rings (SSSR count). The molecule has 1 aromatic rings. The van der Waals surface area contributed by atoms with E-state index in [-0.39, 0.29) is 5.91 Å². The number of hydrogen-bond donors (Lipinski definition) is 1. The standard InChI is InChI=1S/C17H24N2O/c1-17(2,16(20)19-10-8-18-9-11-19)15-7-6-13-4-3-5-14(13)12-15/h6-7,12,18H,3-5,8-11H2,1-2H3. The number of benzene rings is 1. The number of hydrogen-bond acceptors (Lipinski definition) is 2. The molecule has 0 aromatic heterocycles. The maximum absolute atomic E-state index is 12.8. The predicted molar refractivity (Wildman–Crippen MR) is 80.9 cm³/mol. The molecular weight excluding hydrogens is 248 g/mol. The first kappa shape index (κ1) is 13.6. The predicted octanol–water partition coefficient (Wildman–Crippen LogP) is 1.88. The number of aryl methyl sites for hydroxylation is 2. The van der Waals surface area contributed by atoms with Crippen LogP contribution < -0.4 is 5.32 Å². The van der Waals surface area contributed by atoms with Gasteiger partial charge in [-0.05, 0) is 49.8 Å². The van der Waals surface area contributed by atoms with E-state index in [0.29, 0.717) is 0 Å². The van der Waals surface area contributed by atoms with E-state index in [2.05, 4.69) is 37.4 Å². The zero-order chi connectivity index (χ0) is 14.2. The lowest BCUT2D eigenvalue weighted by atomic mass is 9.81. The Morgan fingerprint density at radius 2 is 1.85 bits per heavy atom. The van der Waals surface area contributed by atoms with E-state index < -0.39 is 5.41 Å². The molecule has 3 heteroatoms. The van der Waals surface area contributed by atoms with E-state index in [1.54, 1.807) is 0 Å². The van der Waals surface area contributed by atoms with E-state index >= 15 is 0 Å². The van der Waals surface area contributed by atoms with Gasteiger partial charge in [-0.1, -0.05) is 18.2 Å². The Morgan fingerprint density at radius 3 is 2.60 bits per heavy atom. The van der Waals surface area contributed by atoms with E-state index in [4.69, 9.17) is 0 Å². The van der Waals surface area contributed by atoms with Crippen LogP contribution in [0.1, 0.15) is 37.0 Å². The van der Waals surface area contributed by atoms with Crippen molar-refractivity contribution in [2.24, 2.45) is 0 Å². The maximum Gasteiger partial charge on any atom is 0.232 e. The monoisotopic (exact) mass is 272 g/mol. The summed E-state index contributed by atoms with van der Waals surface area (Å²) in [4.78, 5) is 14.8. The Labute approximate surface area is 121 Å². The molecule has 0 radical (unpaired) electrons. The Kier molecular flexibility index (Phi) is 3.55. The molecule has 108 valence electrons. The molecule has 0 spiro atoms. The Balaban J connectivity index is 1.84. The van der Waals surface area contributed by atoms with Gasteiger partial charge in [0.1, 0.15) is 0 Å². The Morgan fingerprint density at radius 1 is 1.15 bits per heavy atom. The molecule has 1 N–H and O–H groups in total. The second-order valence-corrected chi connectivity index (χ2v) is 6.50. The second kappa shape index (κ2) is 5.21. The lowest BCUT2D eigenvalue weighted by Crippen LogP contribution is -2.51. The van der Waals surface area contributed by atoms with E-state index in [9.17, 15) is 4.79 Å². The quantitative estimate of drug-likeness (QED) is 0.891. The van der Waals surface area contributed by atoms with Crippen LogP contribution in [0, 0.1) is 0 Å². The van der Waals surface area contributed by atoms with Crippen molar-refractivity contribution in [3.05, 3.63) is 34.9 Å². The molecular formula is C17H24N2O. The minimum Gasteiger partial charge on any atom is -0.339 e. The van der Waals surface area contributed by atoms with Crippen LogP contribution in [-0.4, -0.2) is 37.0 Å². The Hall–Kier alpha value is -1.35. The van der Waals surface area contributed by atoms with Crippen molar-refractivity contribution < 1.29 is 4.79 Å². The summed E-state index contributed by atoms with van der Waals surface area (Å²) in [6.07, 6.45) is 3.62. The summed E-state index contributed by atoms with van der Waals surface area (Å²) in [7, 11) is 0. The average molecular weight is 272 g/mol. The van der Waals surface area contributed by atoms with Crippen molar-refractivity contribution in [3.8, 4) is 0 Å². The second-order valence-electron chi connectivity index (χ2n) is 6.50. The van der Waals surface area contributed by atoms with Gasteiger partial charge in [-0.15, -0.1) is 0 Å². The van der Waals surface area contributed by atoms with Gasteiger partial charge in [0.25, 0.3) is 0 Å². The molecule has 1 aliphatic carbocycles. The van der Waals surface area contributed by atoms with Crippen LogP contribution in [-0.2, 0) is 23.1 Å². The van der Waals surface area contributed by atoms with Crippen molar-refractivity contribution >= 4 is 5.91 Å². The van der Waals surface area contributed by atoms with Crippen LogP contribution in [0.25, 0.3) is 0 Å². The number of amides is 1. The van der Waals surface area contributed by atoms with Gasteiger partial charge in [0.2, 0.25) is 5.91 Å². The van der Waals surface area contributed by atoms with Crippen LogP contribution in [0.3, 0.4) is 0 Å². The van der Waals surface area contributed by atoms with Crippen molar-refractivity contribution in [3.63, 3.8) is 0 Å². The van der Waals surface area contributed by atoms with Gasteiger partial charge in [0.15, 0.2) is 0 Å². The highest BCUT2D eigenvalue weighted by Crippen LogP contribution is 2.31. The highest BCUT2D eigenvalue weighted by atomic mass is 16.2.